The molecule has 1 N–H and O–H groups in total. The molecule has 1 saturated heterocycles. The molecule has 1 heterocycles. The monoisotopic (exact) mass is 269 g/mol. The van der Waals surface area contributed by atoms with Gasteiger partial charge in [-0.25, -0.2) is 0 Å². The van der Waals surface area contributed by atoms with Gasteiger partial charge in [-0.05, 0) is 24.1 Å². The van der Waals surface area contributed by atoms with Crippen LogP contribution in [0.4, 0.5) is 0 Å². The van der Waals surface area contributed by atoms with E-state index >= 15 is 0 Å². The number of hydrogen-bond acceptors (Lipinski definition) is 3. The number of halogens is 1. The molecule has 1 fully saturated rings. The van der Waals surface area contributed by atoms with Crippen molar-refractivity contribution in [2.45, 2.75) is 11.8 Å². The molecule has 1 aliphatic heterocycles. The van der Waals surface area contributed by atoms with Gasteiger partial charge >= 0.3 is 0 Å². The zero-order valence-electron chi connectivity index (χ0n) is 10.7. The van der Waals surface area contributed by atoms with Crippen molar-refractivity contribution in [1.82, 2.24) is 5.32 Å². The first-order valence-corrected chi connectivity index (χ1v) is 6.68. The smallest absolute Gasteiger partial charge is 0.0700 e. The van der Waals surface area contributed by atoms with Gasteiger partial charge in [0.05, 0.1) is 13.2 Å². The molecule has 3 nitrogen and oxygen atoms in total. The summed E-state index contributed by atoms with van der Waals surface area (Å²) in [7, 11) is 1.69. The first-order chi connectivity index (χ1) is 8.77. The third kappa shape index (κ3) is 3.23. The molecule has 0 bridgehead atoms. The minimum atomic E-state index is 0.192. The molecule has 1 aromatic rings. The minimum Gasteiger partial charge on any atom is -0.382 e. The first kappa shape index (κ1) is 13.8. The van der Waals surface area contributed by atoms with E-state index in [1.54, 1.807) is 7.11 Å². The SMILES string of the molecule is COCCOCCC1(c2cccc(Cl)c2)CNC1. The van der Waals surface area contributed by atoms with Crippen LogP contribution < -0.4 is 5.32 Å². The summed E-state index contributed by atoms with van der Waals surface area (Å²) in [6.07, 6.45) is 1.02. The van der Waals surface area contributed by atoms with Crippen molar-refractivity contribution in [3.8, 4) is 0 Å². The Labute approximate surface area is 113 Å². The van der Waals surface area contributed by atoms with Gasteiger partial charge in [0.2, 0.25) is 0 Å². The molecule has 0 radical (unpaired) electrons. The van der Waals surface area contributed by atoms with Gasteiger partial charge in [-0.2, -0.15) is 0 Å². The molecule has 0 spiro atoms. The Kier molecular flexibility index (Phi) is 5.01. The van der Waals surface area contributed by atoms with Crippen molar-refractivity contribution in [2.75, 3.05) is 40.0 Å². The van der Waals surface area contributed by atoms with Crippen LogP contribution in [0, 0.1) is 0 Å². The van der Waals surface area contributed by atoms with Gasteiger partial charge in [-0.3, -0.25) is 0 Å². The van der Waals surface area contributed by atoms with Crippen LogP contribution in [0.5, 0.6) is 0 Å². The summed E-state index contributed by atoms with van der Waals surface area (Å²) in [4.78, 5) is 0. The molecular formula is C14H20ClNO2. The van der Waals surface area contributed by atoms with Crippen molar-refractivity contribution in [1.29, 1.82) is 0 Å². The van der Waals surface area contributed by atoms with Crippen LogP contribution in [-0.4, -0.2) is 40.0 Å². The highest BCUT2D eigenvalue weighted by Gasteiger charge is 2.38. The molecule has 2 rings (SSSR count). The lowest BCUT2D eigenvalue weighted by Gasteiger charge is -2.43. The molecule has 1 aliphatic rings. The molecule has 100 valence electrons. The lowest BCUT2D eigenvalue weighted by atomic mass is 9.73. The topological polar surface area (TPSA) is 30.5 Å². The minimum absolute atomic E-state index is 0.192. The molecule has 0 aromatic heterocycles. The van der Waals surface area contributed by atoms with Crippen LogP contribution in [0.2, 0.25) is 5.02 Å². The Morgan fingerprint density at radius 1 is 1.28 bits per heavy atom. The van der Waals surface area contributed by atoms with E-state index in [-0.39, 0.29) is 5.41 Å². The van der Waals surface area contributed by atoms with E-state index in [4.69, 9.17) is 21.1 Å². The Hall–Kier alpha value is -0.610. The Morgan fingerprint density at radius 2 is 2.11 bits per heavy atom. The zero-order valence-corrected chi connectivity index (χ0v) is 11.5. The summed E-state index contributed by atoms with van der Waals surface area (Å²) in [6.45, 7) is 4.08. The lowest BCUT2D eigenvalue weighted by Crippen LogP contribution is -2.57. The van der Waals surface area contributed by atoms with E-state index in [1.165, 1.54) is 5.56 Å². The van der Waals surface area contributed by atoms with Crippen molar-refractivity contribution in [3.63, 3.8) is 0 Å². The fraction of sp³-hybridized carbons (Fsp3) is 0.571. The second kappa shape index (κ2) is 6.53. The van der Waals surface area contributed by atoms with Gasteiger partial charge in [-0.1, -0.05) is 23.7 Å². The summed E-state index contributed by atoms with van der Waals surface area (Å²) in [5.41, 5.74) is 1.50. The van der Waals surface area contributed by atoms with Crippen molar-refractivity contribution in [2.24, 2.45) is 0 Å². The van der Waals surface area contributed by atoms with E-state index in [0.717, 1.165) is 31.1 Å². The maximum atomic E-state index is 6.07. The van der Waals surface area contributed by atoms with Gasteiger partial charge < -0.3 is 14.8 Å². The summed E-state index contributed by atoms with van der Waals surface area (Å²) >= 11 is 6.07. The summed E-state index contributed by atoms with van der Waals surface area (Å²) in [5.74, 6) is 0. The molecule has 0 aliphatic carbocycles. The number of hydrogen-bond donors (Lipinski definition) is 1. The zero-order chi connectivity index (χ0) is 12.8. The van der Waals surface area contributed by atoms with Crippen LogP contribution in [0.1, 0.15) is 12.0 Å². The maximum Gasteiger partial charge on any atom is 0.0700 e. The molecule has 0 unspecified atom stereocenters. The standard InChI is InChI=1S/C14H20ClNO2/c1-17-7-8-18-6-5-14(10-16-11-14)12-3-2-4-13(15)9-12/h2-4,9,16H,5-8,10-11H2,1H3. The normalized spacial score (nSPS) is 17.4. The molecule has 4 heteroatoms. The van der Waals surface area contributed by atoms with Crippen molar-refractivity contribution >= 4 is 11.6 Å². The largest absolute Gasteiger partial charge is 0.382 e. The number of benzene rings is 1. The maximum absolute atomic E-state index is 6.07. The summed E-state index contributed by atoms with van der Waals surface area (Å²) in [5, 5.41) is 4.15. The molecule has 1 aromatic carbocycles. The summed E-state index contributed by atoms with van der Waals surface area (Å²) in [6, 6.07) is 8.16. The number of rotatable bonds is 7. The highest BCUT2D eigenvalue weighted by atomic mass is 35.5. The third-order valence-electron chi connectivity index (χ3n) is 3.52. The van der Waals surface area contributed by atoms with Crippen molar-refractivity contribution in [3.05, 3.63) is 34.9 Å². The van der Waals surface area contributed by atoms with Crippen LogP contribution >= 0.6 is 11.6 Å². The van der Waals surface area contributed by atoms with Crippen LogP contribution in [0.3, 0.4) is 0 Å². The number of ether oxygens (including phenoxy) is 2. The van der Waals surface area contributed by atoms with E-state index in [1.807, 2.05) is 12.1 Å². The van der Waals surface area contributed by atoms with Crippen LogP contribution in [-0.2, 0) is 14.9 Å². The fourth-order valence-corrected chi connectivity index (χ4v) is 2.47. The van der Waals surface area contributed by atoms with Gasteiger partial charge in [0.1, 0.15) is 0 Å². The fourth-order valence-electron chi connectivity index (χ4n) is 2.28. The molecule has 0 saturated carbocycles. The van der Waals surface area contributed by atoms with E-state index in [9.17, 15) is 0 Å². The van der Waals surface area contributed by atoms with E-state index < -0.39 is 0 Å². The molecular weight excluding hydrogens is 250 g/mol. The molecule has 18 heavy (non-hydrogen) atoms. The number of methoxy groups -OCH3 is 1. The lowest BCUT2D eigenvalue weighted by molar-refractivity contribution is 0.0546. The van der Waals surface area contributed by atoms with E-state index in [0.29, 0.717) is 13.2 Å². The second-order valence-corrected chi connectivity index (χ2v) is 5.19. The quantitative estimate of drug-likeness (QED) is 0.770. The van der Waals surface area contributed by atoms with Gasteiger partial charge in [0, 0.05) is 37.2 Å². The predicted octanol–water partition coefficient (Wildman–Crippen LogP) is 2.23. The Bertz CT molecular complexity index is 380. The second-order valence-electron chi connectivity index (χ2n) is 4.75. The van der Waals surface area contributed by atoms with E-state index in [2.05, 4.69) is 17.4 Å². The van der Waals surface area contributed by atoms with Crippen molar-refractivity contribution < 1.29 is 9.47 Å². The highest BCUT2D eigenvalue weighted by molar-refractivity contribution is 6.30. The van der Waals surface area contributed by atoms with Crippen LogP contribution in [0.25, 0.3) is 0 Å². The van der Waals surface area contributed by atoms with Gasteiger partial charge in [0.25, 0.3) is 0 Å². The predicted molar refractivity (Wildman–Crippen MR) is 73.3 cm³/mol. The Morgan fingerprint density at radius 3 is 2.72 bits per heavy atom. The number of nitrogens with one attached hydrogen (secondary N) is 1. The average molecular weight is 270 g/mol. The summed E-state index contributed by atoms with van der Waals surface area (Å²) < 4.78 is 10.5. The van der Waals surface area contributed by atoms with Gasteiger partial charge in [0.15, 0.2) is 0 Å². The molecule has 0 amide bonds. The highest BCUT2D eigenvalue weighted by Crippen LogP contribution is 2.33. The van der Waals surface area contributed by atoms with Gasteiger partial charge in [-0.15, -0.1) is 0 Å². The average Bonchev–Trinajstić information content (AvgIpc) is 2.32. The molecule has 0 atom stereocenters. The third-order valence-corrected chi connectivity index (χ3v) is 3.76. The Balaban J connectivity index is 1.90. The van der Waals surface area contributed by atoms with Crippen LogP contribution in [0.15, 0.2) is 24.3 Å². The first-order valence-electron chi connectivity index (χ1n) is 6.30.